The number of benzene rings is 2. The molecule has 0 fully saturated rings. The zero-order chi connectivity index (χ0) is 11.7. The molecule has 2 N–H and O–H groups in total. The minimum Gasteiger partial charge on any atom is -0.508 e. The van der Waals surface area contributed by atoms with Gasteiger partial charge in [0.1, 0.15) is 5.75 Å². The average molecular weight is 216 g/mol. The summed E-state index contributed by atoms with van der Waals surface area (Å²) in [7, 11) is 0. The third-order valence-electron chi connectivity index (χ3n) is 2.74. The third-order valence-corrected chi connectivity index (χ3v) is 2.74. The van der Waals surface area contributed by atoms with E-state index in [1.807, 2.05) is 12.1 Å². The van der Waals surface area contributed by atoms with Crippen molar-refractivity contribution >= 4 is 16.7 Å². The summed E-state index contributed by atoms with van der Waals surface area (Å²) in [6.45, 7) is 1.64. The Morgan fingerprint density at radius 2 is 2.00 bits per heavy atom. The number of hydrogen-bond donors (Lipinski definition) is 2. The van der Waals surface area contributed by atoms with Crippen molar-refractivity contribution in [2.45, 2.75) is 12.8 Å². The van der Waals surface area contributed by atoms with E-state index >= 15 is 0 Å². The molecule has 0 unspecified atom stereocenters. The second kappa shape index (κ2) is 3.85. The lowest BCUT2D eigenvalue weighted by Gasteiger charge is -2.10. The molecule has 0 aliphatic carbocycles. The molecule has 0 aromatic heterocycles. The molecule has 0 aliphatic rings. The Bertz CT molecular complexity index is 546. The zero-order valence-corrected chi connectivity index (χ0v) is 8.84. The van der Waals surface area contributed by atoms with Gasteiger partial charge in [0, 0.05) is 0 Å². The summed E-state index contributed by atoms with van der Waals surface area (Å²) in [5.74, 6) is -1.29. The van der Waals surface area contributed by atoms with Crippen molar-refractivity contribution in [3.05, 3.63) is 42.0 Å². The smallest absolute Gasteiger partial charge is 0.310 e. The van der Waals surface area contributed by atoms with Crippen molar-refractivity contribution < 1.29 is 15.0 Å². The van der Waals surface area contributed by atoms with E-state index in [0.717, 1.165) is 16.3 Å². The minimum absolute atomic E-state index is 0.150. The van der Waals surface area contributed by atoms with E-state index < -0.39 is 11.9 Å². The van der Waals surface area contributed by atoms with Crippen LogP contribution in [0, 0.1) is 0 Å². The summed E-state index contributed by atoms with van der Waals surface area (Å²) in [4.78, 5) is 11.0. The van der Waals surface area contributed by atoms with Gasteiger partial charge < -0.3 is 10.2 Å². The number of hydrogen-bond acceptors (Lipinski definition) is 2. The molecule has 1 atom stereocenters. The average Bonchev–Trinajstić information content (AvgIpc) is 2.27. The normalized spacial score (nSPS) is 12.6. The Kier molecular flexibility index (Phi) is 2.52. The second-order valence-electron chi connectivity index (χ2n) is 3.81. The fourth-order valence-electron chi connectivity index (χ4n) is 1.80. The molecule has 3 nitrogen and oxygen atoms in total. The highest BCUT2D eigenvalue weighted by Crippen LogP contribution is 2.28. The highest BCUT2D eigenvalue weighted by molar-refractivity contribution is 5.91. The van der Waals surface area contributed by atoms with E-state index in [-0.39, 0.29) is 5.75 Å². The Labute approximate surface area is 93.0 Å². The van der Waals surface area contributed by atoms with Crippen molar-refractivity contribution in [1.29, 1.82) is 0 Å². The van der Waals surface area contributed by atoms with Gasteiger partial charge in [-0.3, -0.25) is 4.79 Å². The van der Waals surface area contributed by atoms with Gasteiger partial charge in [0.2, 0.25) is 0 Å². The number of aliphatic carboxylic acids is 1. The van der Waals surface area contributed by atoms with Crippen molar-refractivity contribution in [2.24, 2.45) is 0 Å². The molecule has 0 saturated carbocycles. The molecule has 0 amide bonds. The fourth-order valence-corrected chi connectivity index (χ4v) is 1.80. The minimum atomic E-state index is -0.865. The first kappa shape index (κ1) is 10.5. The largest absolute Gasteiger partial charge is 0.508 e. The summed E-state index contributed by atoms with van der Waals surface area (Å²) < 4.78 is 0. The topological polar surface area (TPSA) is 57.5 Å². The molecule has 2 aromatic carbocycles. The van der Waals surface area contributed by atoms with Crippen molar-refractivity contribution in [3.8, 4) is 5.75 Å². The Morgan fingerprint density at radius 3 is 2.69 bits per heavy atom. The van der Waals surface area contributed by atoms with Gasteiger partial charge in [-0.1, -0.05) is 24.3 Å². The number of carboxylic acid groups (broad SMARTS) is 1. The van der Waals surface area contributed by atoms with E-state index in [4.69, 9.17) is 5.11 Å². The van der Waals surface area contributed by atoms with E-state index in [0.29, 0.717) is 0 Å². The van der Waals surface area contributed by atoms with Gasteiger partial charge in [0.25, 0.3) is 0 Å². The van der Waals surface area contributed by atoms with Crippen LogP contribution in [-0.2, 0) is 4.79 Å². The molecule has 0 bridgehead atoms. The lowest BCUT2D eigenvalue weighted by atomic mass is 9.95. The summed E-state index contributed by atoms with van der Waals surface area (Å²) in [5.41, 5.74) is 0.723. The summed E-state index contributed by atoms with van der Waals surface area (Å²) in [6, 6.07) is 10.5. The van der Waals surface area contributed by atoms with E-state index in [1.165, 1.54) is 0 Å². The van der Waals surface area contributed by atoms with Gasteiger partial charge >= 0.3 is 5.97 Å². The molecule has 0 aliphatic heterocycles. The van der Waals surface area contributed by atoms with Crippen LogP contribution in [0.5, 0.6) is 5.75 Å². The monoisotopic (exact) mass is 216 g/mol. The van der Waals surface area contributed by atoms with E-state index in [9.17, 15) is 9.90 Å². The maximum absolute atomic E-state index is 11.0. The highest BCUT2D eigenvalue weighted by atomic mass is 16.4. The number of phenolic OH excluding ortho intramolecular Hbond substituents is 1. The van der Waals surface area contributed by atoms with Crippen LogP contribution in [0.2, 0.25) is 0 Å². The van der Waals surface area contributed by atoms with Crippen LogP contribution >= 0.6 is 0 Å². The second-order valence-corrected chi connectivity index (χ2v) is 3.81. The lowest BCUT2D eigenvalue weighted by molar-refractivity contribution is -0.138. The number of phenols is 1. The molecule has 3 heteroatoms. The van der Waals surface area contributed by atoms with Gasteiger partial charge in [0.15, 0.2) is 0 Å². The molecule has 2 aromatic rings. The molecular weight excluding hydrogens is 204 g/mol. The van der Waals surface area contributed by atoms with Gasteiger partial charge in [-0.15, -0.1) is 0 Å². The third kappa shape index (κ3) is 1.72. The van der Waals surface area contributed by atoms with Crippen molar-refractivity contribution in [1.82, 2.24) is 0 Å². The Morgan fingerprint density at radius 1 is 1.25 bits per heavy atom. The van der Waals surface area contributed by atoms with Crippen LogP contribution in [0.1, 0.15) is 18.4 Å². The van der Waals surface area contributed by atoms with Crippen molar-refractivity contribution in [3.63, 3.8) is 0 Å². The number of carbonyl (C=O) groups is 1. The fraction of sp³-hybridized carbons (Fsp3) is 0.154. The molecule has 0 heterocycles. The highest BCUT2D eigenvalue weighted by Gasteiger charge is 2.16. The quantitative estimate of drug-likeness (QED) is 0.811. The lowest BCUT2D eigenvalue weighted by Crippen LogP contribution is -2.07. The Hall–Kier alpha value is -2.03. The molecule has 2 rings (SSSR count). The van der Waals surface area contributed by atoms with E-state index in [2.05, 4.69) is 0 Å². The van der Waals surface area contributed by atoms with Crippen LogP contribution < -0.4 is 0 Å². The number of fused-ring (bicyclic) bond motifs is 1. The number of rotatable bonds is 2. The molecular formula is C13H12O3. The van der Waals surface area contributed by atoms with Gasteiger partial charge in [-0.2, -0.15) is 0 Å². The summed E-state index contributed by atoms with van der Waals surface area (Å²) >= 11 is 0. The maximum Gasteiger partial charge on any atom is 0.310 e. The van der Waals surface area contributed by atoms with Crippen molar-refractivity contribution in [2.75, 3.05) is 0 Å². The molecule has 0 radical (unpaired) electrons. The predicted octanol–water partition coefficient (Wildman–Crippen LogP) is 2.73. The van der Waals surface area contributed by atoms with E-state index in [1.54, 1.807) is 31.2 Å². The standard InChI is InChI=1S/C13H12O3/c1-8(13(15)16)11-4-2-3-9-5-6-10(14)7-12(9)11/h2-8,14H,1H3,(H,15,16)/t8-/m0/s1. The van der Waals surface area contributed by atoms with Crippen LogP contribution in [0.15, 0.2) is 36.4 Å². The Balaban J connectivity index is 2.69. The molecule has 0 spiro atoms. The summed E-state index contributed by atoms with van der Waals surface area (Å²) in [6.07, 6.45) is 0. The first-order valence-corrected chi connectivity index (χ1v) is 5.04. The molecule has 16 heavy (non-hydrogen) atoms. The number of carboxylic acids is 1. The maximum atomic E-state index is 11.0. The first-order chi connectivity index (χ1) is 7.59. The number of aromatic hydroxyl groups is 1. The summed E-state index contributed by atoms with van der Waals surface area (Å²) in [5, 5.41) is 20.2. The van der Waals surface area contributed by atoms with Crippen LogP contribution in [0.4, 0.5) is 0 Å². The molecule has 82 valence electrons. The predicted molar refractivity (Wildman–Crippen MR) is 61.7 cm³/mol. The van der Waals surface area contributed by atoms with Gasteiger partial charge in [-0.25, -0.2) is 0 Å². The van der Waals surface area contributed by atoms with Gasteiger partial charge in [-0.05, 0) is 35.4 Å². The zero-order valence-electron chi connectivity index (χ0n) is 8.84. The SMILES string of the molecule is C[C@H](C(=O)O)c1cccc2ccc(O)cc12. The van der Waals surface area contributed by atoms with Crippen LogP contribution in [0.3, 0.4) is 0 Å². The van der Waals surface area contributed by atoms with Crippen LogP contribution in [0.25, 0.3) is 10.8 Å². The molecule has 0 saturated heterocycles. The van der Waals surface area contributed by atoms with Gasteiger partial charge in [0.05, 0.1) is 5.92 Å². The van der Waals surface area contributed by atoms with Crippen LogP contribution in [-0.4, -0.2) is 16.2 Å². The first-order valence-electron chi connectivity index (χ1n) is 5.04.